The van der Waals surface area contributed by atoms with Gasteiger partial charge >= 0.3 is 0 Å². The predicted molar refractivity (Wildman–Crippen MR) is 95.2 cm³/mol. The Morgan fingerprint density at radius 1 is 1.12 bits per heavy atom. The first-order valence-corrected chi connectivity index (χ1v) is 8.20. The fourth-order valence-electron chi connectivity index (χ4n) is 2.20. The molecule has 2 amide bonds. The van der Waals surface area contributed by atoms with E-state index in [1.165, 1.54) is 12.3 Å². The third-order valence-corrected chi connectivity index (χ3v) is 3.59. The highest BCUT2D eigenvalue weighted by Gasteiger charge is 2.12. The van der Waals surface area contributed by atoms with Gasteiger partial charge in [-0.25, -0.2) is 0 Å². The molecule has 1 aromatic carbocycles. The molecule has 1 heterocycles. The van der Waals surface area contributed by atoms with Gasteiger partial charge in [0.15, 0.2) is 0 Å². The summed E-state index contributed by atoms with van der Waals surface area (Å²) in [5.41, 5.74) is 1.63. The Morgan fingerprint density at radius 2 is 1.88 bits per heavy atom. The summed E-state index contributed by atoms with van der Waals surface area (Å²) in [4.78, 5) is 28.4. The topological polar surface area (TPSA) is 94.9 Å². The average molecular weight is 336 g/mol. The SMILES string of the molecule is CCCCCNC(=O)c1ccnc(C(=O)Nc2ccc(C#N)cc2)c1. The summed E-state index contributed by atoms with van der Waals surface area (Å²) in [7, 11) is 0. The molecule has 0 fully saturated rings. The van der Waals surface area contributed by atoms with Gasteiger partial charge in [-0.2, -0.15) is 5.26 Å². The predicted octanol–water partition coefficient (Wildman–Crippen LogP) is 3.13. The van der Waals surface area contributed by atoms with E-state index in [1.807, 2.05) is 6.07 Å². The van der Waals surface area contributed by atoms with Crippen LogP contribution in [-0.2, 0) is 0 Å². The number of hydrogen-bond donors (Lipinski definition) is 2. The minimum atomic E-state index is -0.412. The van der Waals surface area contributed by atoms with Crippen LogP contribution in [0.4, 0.5) is 5.69 Å². The van der Waals surface area contributed by atoms with E-state index in [1.54, 1.807) is 30.3 Å². The zero-order valence-electron chi connectivity index (χ0n) is 14.1. The summed E-state index contributed by atoms with van der Waals surface area (Å²) < 4.78 is 0. The van der Waals surface area contributed by atoms with Gasteiger partial charge in [-0.05, 0) is 42.8 Å². The van der Waals surface area contributed by atoms with Gasteiger partial charge in [0.05, 0.1) is 11.6 Å². The normalized spacial score (nSPS) is 9.92. The Labute approximate surface area is 146 Å². The van der Waals surface area contributed by atoms with Crippen LogP contribution < -0.4 is 10.6 Å². The second-order valence-corrected chi connectivity index (χ2v) is 5.54. The van der Waals surface area contributed by atoms with Gasteiger partial charge in [-0.1, -0.05) is 19.8 Å². The summed E-state index contributed by atoms with van der Waals surface area (Å²) in [6, 6.07) is 11.6. The van der Waals surface area contributed by atoms with E-state index in [0.717, 1.165) is 19.3 Å². The van der Waals surface area contributed by atoms with Crippen molar-refractivity contribution >= 4 is 17.5 Å². The van der Waals surface area contributed by atoms with Crippen LogP contribution in [0.15, 0.2) is 42.6 Å². The minimum Gasteiger partial charge on any atom is -0.352 e. The zero-order chi connectivity index (χ0) is 18.1. The van der Waals surface area contributed by atoms with Gasteiger partial charge in [-0.3, -0.25) is 14.6 Å². The van der Waals surface area contributed by atoms with Crippen molar-refractivity contribution in [3.05, 3.63) is 59.4 Å². The number of nitrogens with one attached hydrogen (secondary N) is 2. The first-order chi connectivity index (χ1) is 12.1. The van der Waals surface area contributed by atoms with E-state index >= 15 is 0 Å². The molecular weight excluding hydrogens is 316 g/mol. The molecule has 128 valence electrons. The molecule has 0 radical (unpaired) electrons. The highest BCUT2D eigenvalue weighted by Crippen LogP contribution is 2.11. The molecule has 0 atom stereocenters. The van der Waals surface area contributed by atoms with Crippen LogP contribution in [0, 0.1) is 11.3 Å². The number of pyridine rings is 1. The Morgan fingerprint density at radius 3 is 2.56 bits per heavy atom. The van der Waals surface area contributed by atoms with Crippen molar-refractivity contribution in [2.45, 2.75) is 26.2 Å². The Kier molecular flexibility index (Phi) is 6.66. The van der Waals surface area contributed by atoms with Crippen molar-refractivity contribution in [2.24, 2.45) is 0 Å². The molecule has 2 N–H and O–H groups in total. The molecule has 0 bridgehead atoms. The van der Waals surface area contributed by atoms with E-state index < -0.39 is 5.91 Å². The molecule has 0 saturated heterocycles. The maximum atomic E-state index is 12.3. The number of amides is 2. The number of aromatic nitrogens is 1. The highest BCUT2D eigenvalue weighted by molar-refractivity contribution is 6.04. The maximum Gasteiger partial charge on any atom is 0.274 e. The number of hydrogen-bond acceptors (Lipinski definition) is 4. The van der Waals surface area contributed by atoms with Crippen LogP contribution in [0.2, 0.25) is 0 Å². The monoisotopic (exact) mass is 336 g/mol. The number of nitrogens with zero attached hydrogens (tertiary/aromatic N) is 2. The van der Waals surface area contributed by atoms with Crippen LogP contribution in [0.5, 0.6) is 0 Å². The fourth-order valence-corrected chi connectivity index (χ4v) is 2.20. The van der Waals surface area contributed by atoms with Crippen molar-refractivity contribution in [2.75, 3.05) is 11.9 Å². The van der Waals surface area contributed by atoms with Gasteiger partial charge in [-0.15, -0.1) is 0 Å². The second kappa shape index (κ2) is 9.18. The molecule has 6 nitrogen and oxygen atoms in total. The molecule has 2 aromatic rings. The molecule has 1 aromatic heterocycles. The molecule has 0 aliphatic heterocycles. The van der Waals surface area contributed by atoms with E-state index in [9.17, 15) is 9.59 Å². The third-order valence-electron chi connectivity index (χ3n) is 3.59. The second-order valence-electron chi connectivity index (χ2n) is 5.54. The quantitative estimate of drug-likeness (QED) is 0.759. The number of carbonyl (C=O) groups excluding carboxylic acids is 2. The lowest BCUT2D eigenvalue weighted by atomic mass is 10.2. The van der Waals surface area contributed by atoms with Crippen molar-refractivity contribution in [1.82, 2.24) is 10.3 Å². The molecule has 6 heteroatoms. The van der Waals surface area contributed by atoms with E-state index in [0.29, 0.717) is 23.4 Å². The summed E-state index contributed by atoms with van der Waals surface area (Å²) in [5, 5.41) is 14.3. The lowest BCUT2D eigenvalue weighted by molar-refractivity contribution is 0.0953. The van der Waals surface area contributed by atoms with Crippen LogP contribution in [0.25, 0.3) is 0 Å². The van der Waals surface area contributed by atoms with Crippen LogP contribution in [0.3, 0.4) is 0 Å². The van der Waals surface area contributed by atoms with Crippen molar-refractivity contribution < 1.29 is 9.59 Å². The number of nitriles is 1. The summed E-state index contributed by atoms with van der Waals surface area (Å²) in [6.45, 7) is 2.71. The number of benzene rings is 1. The maximum absolute atomic E-state index is 12.3. The number of anilines is 1. The number of rotatable bonds is 7. The molecule has 0 unspecified atom stereocenters. The lowest BCUT2D eigenvalue weighted by Gasteiger charge is -2.07. The molecule has 2 rings (SSSR count). The zero-order valence-corrected chi connectivity index (χ0v) is 14.1. The van der Waals surface area contributed by atoms with E-state index in [-0.39, 0.29) is 11.6 Å². The molecule has 0 aliphatic carbocycles. The van der Waals surface area contributed by atoms with Gasteiger partial charge in [0, 0.05) is 24.0 Å². The standard InChI is InChI=1S/C19H20N4O2/c1-2-3-4-10-22-18(24)15-9-11-21-17(12-15)19(25)23-16-7-5-14(13-20)6-8-16/h5-9,11-12H,2-4,10H2,1H3,(H,22,24)(H,23,25). The summed E-state index contributed by atoms with van der Waals surface area (Å²) in [5.74, 6) is -0.628. The highest BCUT2D eigenvalue weighted by atomic mass is 16.2. The smallest absolute Gasteiger partial charge is 0.274 e. The molecule has 0 aliphatic rings. The minimum absolute atomic E-state index is 0.158. The van der Waals surface area contributed by atoms with Crippen molar-refractivity contribution in [3.8, 4) is 6.07 Å². The fraction of sp³-hybridized carbons (Fsp3) is 0.263. The van der Waals surface area contributed by atoms with Gasteiger partial charge in [0.25, 0.3) is 11.8 Å². The first kappa shape index (κ1) is 18.1. The summed E-state index contributed by atoms with van der Waals surface area (Å²) >= 11 is 0. The molecular formula is C19H20N4O2. The number of unbranched alkanes of at least 4 members (excludes halogenated alkanes) is 2. The number of carbonyl (C=O) groups is 2. The van der Waals surface area contributed by atoms with Crippen molar-refractivity contribution in [3.63, 3.8) is 0 Å². The van der Waals surface area contributed by atoms with Crippen LogP contribution in [0.1, 0.15) is 52.6 Å². The Balaban J connectivity index is 2.00. The third kappa shape index (κ3) is 5.43. The van der Waals surface area contributed by atoms with Gasteiger partial charge < -0.3 is 10.6 Å². The van der Waals surface area contributed by atoms with E-state index in [4.69, 9.17) is 5.26 Å². The van der Waals surface area contributed by atoms with E-state index in [2.05, 4.69) is 22.5 Å². The van der Waals surface area contributed by atoms with Gasteiger partial charge in [0.2, 0.25) is 0 Å². The Hall–Kier alpha value is -3.20. The largest absolute Gasteiger partial charge is 0.352 e. The van der Waals surface area contributed by atoms with Crippen LogP contribution >= 0.6 is 0 Å². The molecule has 0 saturated carbocycles. The summed E-state index contributed by atoms with van der Waals surface area (Å²) in [6.07, 6.45) is 4.52. The Bertz CT molecular complexity index is 779. The molecule has 0 spiro atoms. The van der Waals surface area contributed by atoms with Crippen LogP contribution in [-0.4, -0.2) is 23.3 Å². The average Bonchev–Trinajstić information content (AvgIpc) is 2.65. The van der Waals surface area contributed by atoms with Gasteiger partial charge in [0.1, 0.15) is 5.69 Å². The van der Waals surface area contributed by atoms with Crippen molar-refractivity contribution in [1.29, 1.82) is 5.26 Å². The lowest BCUT2D eigenvalue weighted by Crippen LogP contribution is -2.25. The first-order valence-electron chi connectivity index (χ1n) is 8.20. The molecule has 25 heavy (non-hydrogen) atoms.